The molecule has 0 amide bonds. The lowest BCUT2D eigenvalue weighted by Crippen LogP contribution is -2.47. The Morgan fingerprint density at radius 3 is 1.88 bits per heavy atom. The second-order valence-corrected chi connectivity index (χ2v) is 6.81. The van der Waals surface area contributed by atoms with Gasteiger partial charge in [-0.2, -0.15) is 0 Å². The van der Waals surface area contributed by atoms with Gasteiger partial charge in [0.05, 0.1) is 13.2 Å². The zero-order chi connectivity index (χ0) is 17.2. The number of hydrogen-bond acceptors (Lipinski definition) is 3. The third kappa shape index (κ3) is 6.62. The Bertz CT molecular complexity index is 579. The van der Waals surface area contributed by atoms with Gasteiger partial charge in [-0.1, -0.05) is 60.7 Å². The van der Waals surface area contributed by atoms with Crippen molar-refractivity contribution in [2.45, 2.75) is 19.4 Å². The molecule has 1 saturated heterocycles. The minimum atomic E-state index is 0.723. The molecule has 0 aromatic heterocycles. The number of nitrogens with zero attached hydrogens (tertiary/aromatic N) is 2. The topological polar surface area (TPSA) is 15.7 Å². The molecule has 1 heterocycles. The van der Waals surface area contributed by atoms with Crippen LogP contribution in [-0.2, 0) is 17.8 Å². The molecule has 3 rings (SSSR count). The molecule has 0 atom stereocenters. The number of ether oxygens (including phenoxy) is 1. The van der Waals surface area contributed by atoms with Crippen LogP contribution in [-0.4, -0.2) is 55.7 Å². The Balaban J connectivity index is 1.23. The van der Waals surface area contributed by atoms with E-state index in [-0.39, 0.29) is 0 Å². The van der Waals surface area contributed by atoms with Crippen molar-refractivity contribution < 1.29 is 4.74 Å². The lowest BCUT2D eigenvalue weighted by atomic mass is 10.1. The van der Waals surface area contributed by atoms with Crippen molar-refractivity contribution in [2.24, 2.45) is 0 Å². The maximum absolute atomic E-state index is 5.81. The van der Waals surface area contributed by atoms with Crippen LogP contribution in [0.2, 0.25) is 0 Å². The fourth-order valence-corrected chi connectivity index (χ4v) is 3.35. The van der Waals surface area contributed by atoms with Gasteiger partial charge in [0.25, 0.3) is 0 Å². The van der Waals surface area contributed by atoms with Crippen molar-refractivity contribution in [3.05, 3.63) is 71.8 Å². The largest absolute Gasteiger partial charge is 0.375 e. The molecule has 1 aliphatic heterocycles. The molecule has 0 unspecified atom stereocenters. The van der Waals surface area contributed by atoms with Crippen LogP contribution < -0.4 is 0 Å². The van der Waals surface area contributed by atoms with Crippen LogP contribution in [0.1, 0.15) is 17.5 Å². The quantitative estimate of drug-likeness (QED) is 0.651. The Morgan fingerprint density at radius 2 is 1.24 bits per heavy atom. The summed E-state index contributed by atoms with van der Waals surface area (Å²) in [6.07, 6.45) is 2.44. The van der Waals surface area contributed by atoms with Gasteiger partial charge in [-0.05, 0) is 30.5 Å². The Morgan fingerprint density at radius 1 is 0.680 bits per heavy atom. The summed E-state index contributed by atoms with van der Waals surface area (Å²) in [6.45, 7) is 8.52. The summed E-state index contributed by atoms with van der Waals surface area (Å²) in [6, 6.07) is 21.2. The third-order valence-electron chi connectivity index (χ3n) is 4.91. The van der Waals surface area contributed by atoms with Crippen LogP contribution in [0.3, 0.4) is 0 Å². The van der Waals surface area contributed by atoms with E-state index in [2.05, 4.69) is 64.4 Å². The van der Waals surface area contributed by atoms with Gasteiger partial charge >= 0.3 is 0 Å². The Kier molecular flexibility index (Phi) is 7.50. The number of hydrogen-bond donors (Lipinski definition) is 0. The number of rotatable bonds is 9. The van der Waals surface area contributed by atoms with Crippen LogP contribution >= 0.6 is 0 Å². The molecule has 25 heavy (non-hydrogen) atoms. The van der Waals surface area contributed by atoms with E-state index >= 15 is 0 Å². The van der Waals surface area contributed by atoms with Gasteiger partial charge in [0.2, 0.25) is 0 Å². The predicted octanol–water partition coefficient (Wildman–Crippen LogP) is 3.45. The summed E-state index contributed by atoms with van der Waals surface area (Å²) in [7, 11) is 0. The van der Waals surface area contributed by atoms with E-state index in [1.165, 1.54) is 56.7 Å². The van der Waals surface area contributed by atoms with Crippen molar-refractivity contribution in [1.82, 2.24) is 9.80 Å². The first-order valence-corrected chi connectivity index (χ1v) is 9.50. The van der Waals surface area contributed by atoms with E-state index in [0.717, 1.165) is 19.8 Å². The molecule has 0 radical (unpaired) electrons. The molecule has 0 saturated carbocycles. The lowest BCUT2D eigenvalue weighted by Gasteiger charge is -2.34. The third-order valence-corrected chi connectivity index (χ3v) is 4.91. The molecule has 3 heteroatoms. The molecule has 1 fully saturated rings. The summed E-state index contributed by atoms with van der Waals surface area (Å²) < 4.78 is 5.81. The van der Waals surface area contributed by atoms with Crippen molar-refractivity contribution in [2.75, 3.05) is 45.9 Å². The van der Waals surface area contributed by atoms with Crippen molar-refractivity contribution in [3.8, 4) is 0 Å². The van der Waals surface area contributed by atoms with Gasteiger partial charge < -0.3 is 9.64 Å². The second-order valence-electron chi connectivity index (χ2n) is 6.81. The highest BCUT2D eigenvalue weighted by molar-refractivity contribution is 5.14. The summed E-state index contributed by atoms with van der Waals surface area (Å²) in [5.41, 5.74) is 2.71. The highest BCUT2D eigenvalue weighted by Gasteiger charge is 2.15. The molecule has 0 bridgehead atoms. The van der Waals surface area contributed by atoms with Gasteiger partial charge in [-0.3, -0.25) is 4.90 Å². The summed E-state index contributed by atoms with van der Waals surface area (Å²) in [4.78, 5) is 5.13. The SMILES string of the molecule is c1ccc(CCCN2CCN(CCOCc3ccccc3)CC2)cc1. The van der Waals surface area contributed by atoms with Crippen LogP contribution in [0.15, 0.2) is 60.7 Å². The van der Waals surface area contributed by atoms with E-state index < -0.39 is 0 Å². The fourth-order valence-electron chi connectivity index (χ4n) is 3.35. The molecule has 1 aliphatic rings. The summed E-state index contributed by atoms with van der Waals surface area (Å²) >= 11 is 0. The Hall–Kier alpha value is -1.68. The highest BCUT2D eigenvalue weighted by Crippen LogP contribution is 2.07. The standard InChI is InChI=1S/C22H30N2O/c1-3-8-21(9-4-1)12-7-13-23-14-16-24(17-15-23)18-19-25-20-22-10-5-2-6-11-22/h1-6,8-11H,7,12-20H2. The lowest BCUT2D eigenvalue weighted by molar-refractivity contribution is 0.0682. The first-order chi connectivity index (χ1) is 12.4. The molecule has 134 valence electrons. The van der Waals surface area contributed by atoms with Gasteiger partial charge in [-0.25, -0.2) is 0 Å². The molecule has 0 aliphatic carbocycles. The minimum Gasteiger partial charge on any atom is -0.375 e. The van der Waals surface area contributed by atoms with Crippen LogP contribution in [0.25, 0.3) is 0 Å². The second kappa shape index (κ2) is 10.3. The van der Waals surface area contributed by atoms with E-state index in [1.807, 2.05) is 6.07 Å². The van der Waals surface area contributed by atoms with Crippen molar-refractivity contribution >= 4 is 0 Å². The molecular weight excluding hydrogens is 308 g/mol. The average Bonchev–Trinajstić information content (AvgIpc) is 2.68. The van der Waals surface area contributed by atoms with E-state index in [0.29, 0.717) is 0 Å². The molecule has 2 aromatic rings. The van der Waals surface area contributed by atoms with Gasteiger partial charge in [-0.15, -0.1) is 0 Å². The van der Waals surface area contributed by atoms with Gasteiger partial charge in [0.15, 0.2) is 0 Å². The van der Waals surface area contributed by atoms with E-state index in [1.54, 1.807) is 0 Å². The maximum Gasteiger partial charge on any atom is 0.0717 e. The summed E-state index contributed by atoms with van der Waals surface area (Å²) in [5.74, 6) is 0. The number of benzene rings is 2. The van der Waals surface area contributed by atoms with Crippen LogP contribution in [0, 0.1) is 0 Å². The zero-order valence-electron chi connectivity index (χ0n) is 15.1. The van der Waals surface area contributed by atoms with Crippen molar-refractivity contribution in [3.63, 3.8) is 0 Å². The number of aryl methyl sites for hydroxylation is 1. The minimum absolute atomic E-state index is 0.723. The average molecular weight is 338 g/mol. The summed E-state index contributed by atoms with van der Waals surface area (Å²) in [5, 5.41) is 0. The molecule has 0 N–H and O–H groups in total. The first kappa shape index (κ1) is 18.1. The maximum atomic E-state index is 5.81. The first-order valence-electron chi connectivity index (χ1n) is 9.50. The van der Waals surface area contributed by atoms with Crippen molar-refractivity contribution in [1.29, 1.82) is 0 Å². The van der Waals surface area contributed by atoms with Gasteiger partial charge in [0.1, 0.15) is 0 Å². The van der Waals surface area contributed by atoms with E-state index in [9.17, 15) is 0 Å². The van der Waals surface area contributed by atoms with E-state index in [4.69, 9.17) is 4.74 Å². The Labute approximate surface area is 152 Å². The van der Waals surface area contributed by atoms with Crippen LogP contribution in [0.4, 0.5) is 0 Å². The predicted molar refractivity (Wildman–Crippen MR) is 104 cm³/mol. The molecule has 0 spiro atoms. The zero-order valence-corrected chi connectivity index (χ0v) is 15.1. The highest BCUT2D eigenvalue weighted by atomic mass is 16.5. The fraction of sp³-hybridized carbons (Fsp3) is 0.455. The molecule has 3 nitrogen and oxygen atoms in total. The molecular formula is C22H30N2O. The molecule has 2 aromatic carbocycles. The van der Waals surface area contributed by atoms with Crippen LogP contribution in [0.5, 0.6) is 0 Å². The smallest absolute Gasteiger partial charge is 0.0717 e. The normalized spacial score (nSPS) is 16.2. The van der Waals surface area contributed by atoms with Gasteiger partial charge in [0, 0.05) is 32.7 Å². The monoisotopic (exact) mass is 338 g/mol. The number of piperazine rings is 1.